The standard InChI is InChI=1S/C15H20FN3/c1-10(2)7-17-8-12-9-18-19-15(12)14-5-4-13(16)6-11(14)3/h4-6,9-10,17H,7-8H2,1-3H3,(H,18,19). The molecule has 0 unspecified atom stereocenters. The van der Waals surface area contributed by atoms with E-state index in [9.17, 15) is 4.39 Å². The molecule has 0 saturated carbocycles. The number of nitrogens with zero attached hydrogens (tertiary/aromatic N) is 1. The molecular formula is C15H20FN3. The summed E-state index contributed by atoms with van der Waals surface area (Å²) in [6.45, 7) is 7.99. The second-order valence-electron chi connectivity index (χ2n) is 5.25. The Hall–Kier alpha value is -1.68. The summed E-state index contributed by atoms with van der Waals surface area (Å²) in [6, 6.07) is 4.82. The van der Waals surface area contributed by atoms with Gasteiger partial charge < -0.3 is 5.32 Å². The summed E-state index contributed by atoms with van der Waals surface area (Å²) in [7, 11) is 0. The summed E-state index contributed by atoms with van der Waals surface area (Å²) >= 11 is 0. The van der Waals surface area contributed by atoms with Gasteiger partial charge in [-0.25, -0.2) is 4.39 Å². The highest BCUT2D eigenvalue weighted by Gasteiger charge is 2.10. The van der Waals surface area contributed by atoms with E-state index in [4.69, 9.17) is 0 Å². The molecule has 102 valence electrons. The van der Waals surface area contributed by atoms with Gasteiger partial charge in [0.2, 0.25) is 0 Å². The van der Waals surface area contributed by atoms with Crippen molar-refractivity contribution in [1.82, 2.24) is 15.5 Å². The van der Waals surface area contributed by atoms with E-state index < -0.39 is 0 Å². The van der Waals surface area contributed by atoms with Crippen LogP contribution in [-0.2, 0) is 6.54 Å². The molecule has 2 aromatic rings. The Labute approximate surface area is 113 Å². The number of aromatic nitrogens is 2. The Balaban J connectivity index is 2.19. The first-order valence-electron chi connectivity index (χ1n) is 6.57. The van der Waals surface area contributed by atoms with Crippen LogP contribution in [0.4, 0.5) is 4.39 Å². The third-order valence-corrected chi connectivity index (χ3v) is 3.04. The van der Waals surface area contributed by atoms with Gasteiger partial charge in [0.25, 0.3) is 0 Å². The van der Waals surface area contributed by atoms with Gasteiger partial charge >= 0.3 is 0 Å². The summed E-state index contributed by atoms with van der Waals surface area (Å²) in [5.41, 5.74) is 3.98. The van der Waals surface area contributed by atoms with Crippen molar-refractivity contribution in [3.63, 3.8) is 0 Å². The topological polar surface area (TPSA) is 40.7 Å². The summed E-state index contributed by atoms with van der Waals surface area (Å²) < 4.78 is 13.1. The molecule has 0 aliphatic rings. The van der Waals surface area contributed by atoms with E-state index in [0.717, 1.165) is 35.5 Å². The van der Waals surface area contributed by atoms with Crippen molar-refractivity contribution in [2.75, 3.05) is 6.54 Å². The van der Waals surface area contributed by atoms with Crippen molar-refractivity contribution < 1.29 is 4.39 Å². The number of aromatic amines is 1. The molecule has 0 saturated heterocycles. The summed E-state index contributed by atoms with van der Waals surface area (Å²) in [4.78, 5) is 0. The zero-order valence-corrected chi connectivity index (χ0v) is 11.6. The Morgan fingerprint density at radius 1 is 1.37 bits per heavy atom. The van der Waals surface area contributed by atoms with Crippen molar-refractivity contribution in [2.45, 2.75) is 27.3 Å². The third kappa shape index (κ3) is 3.41. The van der Waals surface area contributed by atoms with Gasteiger partial charge in [0.15, 0.2) is 0 Å². The summed E-state index contributed by atoms with van der Waals surface area (Å²) in [5, 5.41) is 10.5. The lowest BCUT2D eigenvalue weighted by Gasteiger charge is -2.09. The summed E-state index contributed by atoms with van der Waals surface area (Å²) in [6.07, 6.45) is 1.82. The Morgan fingerprint density at radius 2 is 2.16 bits per heavy atom. The predicted molar refractivity (Wildman–Crippen MR) is 75.3 cm³/mol. The average molecular weight is 261 g/mol. The number of nitrogens with one attached hydrogen (secondary N) is 2. The van der Waals surface area contributed by atoms with Gasteiger partial charge in [-0.05, 0) is 43.1 Å². The van der Waals surface area contributed by atoms with Crippen molar-refractivity contribution in [3.05, 3.63) is 41.3 Å². The zero-order valence-electron chi connectivity index (χ0n) is 11.6. The van der Waals surface area contributed by atoms with Crippen LogP contribution >= 0.6 is 0 Å². The number of halogens is 1. The molecule has 0 radical (unpaired) electrons. The Kier molecular flexibility index (Phi) is 4.32. The molecular weight excluding hydrogens is 241 g/mol. The van der Waals surface area contributed by atoms with Gasteiger partial charge in [0.1, 0.15) is 5.82 Å². The van der Waals surface area contributed by atoms with Crippen LogP contribution in [-0.4, -0.2) is 16.7 Å². The van der Waals surface area contributed by atoms with Crippen LogP contribution in [0, 0.1) is 18.7 Å². The minimum absolute atomic E-state index is 0.208. The number of aryl methyl sites for hydroxylation is 1. The van der Waals surface area contributed by atoms with Crippen LogP contribution in [0.25, 0.3) is 11.3 Å². The van der Waals surface area contributed by atoms with Crippen molar-refractivity contribution in [3.8, 4) is 11.3 Å². The van der Waals surface area contributed by atoms with E-state index in [-0.39, 0.29) is 5.82 Å². The highest BCUT2D eigenvalue weighted by Crippen LogP contribution is 2.25. The van der Waals surface area contributed by atoms with E-state index >= 15 is 0 Å². The van der Waals surface area contributed by atoms with E-state index in [1.54, 1.807) is 12.1 Å². The molecule has 3 nitrogen and oxygen atoms in total. The number of hydrogen-bond acceptors (Lipinski definition) is 2. The fourth-order valence-corrected chi connectivity index (χ4v) is 2.08. The second-order valence-corrected chi connectivity index (χ2v) is 5.25. The number of benzene rings is 1. The fraction of sp³-hybridized carbons (Fsp3) is 0.400. The quantitative estimate of drug-likeness (QED) is 0.867. The molecule has 0 spiro atoms. The highest BCUT2D eigenvalue weighted by molar-refractivity contribution is 5.66. The maximum atomic E-state index is 13.1. The SMILES string of the molecule is Cc1cc(F)ccc1-c1[nH]ncc1CNCC(C)C. The smallest absolute Gasteiger partial charge is 0.123 e. The maximum Gasteiger partial charge on any atom is 0.123 e. The monoisotopic (exact) mass is 261 g/mol. The van der Waals surface area contributed by atoms with Gasteiger partial charge in [0, 0.05) is 17.7 Å². The first-order valence-corrected chi connectivity index (χ1v) is 6.57. The maximum absolute atomic E-state index is 13.1. The van der Waals surface area contributed by atoms with Gasteiger partial charge in [0.05, 0.1) is 11.9 Å². The fourth-order valence-electron chi connectivity index (χ4n) is 2.08. The molecule has 1 aromatic carbocycles. The minimum atomic E-state index is -0.208. The molecule has 0 aliphatic heterocycles. The van der Waals surface area contributed by atoms with E-state index in [0.29, 0.717) is 5.92 Å². The first kappa shape index (κ1) is 13.7. The summed E-state index contributed by atoms with van der Waals surface area (Å²) in [5.74, 6) is 0.406. The normalized spacial score (nSPS) is 11.2. The molecule has 2 rings (SSSR count). The Bertz CT molecular complexity index is 546. The molecule has 2 N–H and O–H groups in total. The number of H-pyrrole nitrogens is 1. The predicted octanol–water partition coefficient (Wildman–Crippen LogP) is 3.27. The van der Waals surface area contributed by atoms with Crippen LogP contribution in [0.5, 0.6) is 0 Å². The van der Waals surface area contributed by atoms with E-state index in [1.807, 2.05) is 13.1 Å². The van der Waals surface area contributed by atoms with Crippen LogP contribution in [0.1, 0.15) is 25.0 Å². The van der Waals surface area contributed by atoms with Crippen molar-refractivity contribution in [2.24, 2.45) is 5.92 Å². The van der Waals surface area contributed by atoms with Gasteiger partial charge in [-0.15, -0.1) is 0 Å². The van der Waals surface area contributed by atoms with E-state index in [1.165, 1.54) is 6.07 Å². The van der Waals surface area contributed by atoms with Crippen LogP contribution in [0.15, 0.2) is 24.4 Å². The molecule has 0 atom stereocenters. The minimum Gasteiger partial charge on any atom is -0.312 e. The third-order valence-electron chi connectivity index (χ3n) is 3.04. The van der Waals surface area contributed by atoms with Crippen LogP contribution in [0.3, 0.4) is 0 Å². The number of rotatable bonds is 5. The molecule has 19 heavy (non-hydrogen) atoms. The van der Waals surface area contributed by atoms with Gasteiger partial charge in [-0.1, -0.05) is 13.8 Å². The highest BCUT2D eigenvalue weighted by atomic mass is 19.1. The lowest BCUT2D eigenvalue weighted by atomic mass is 10.0. The molecule has 1 heterocycles. The average Bonchev–Trinajstić information content (AvgIpc) is 2.77. The van der Waals surface area contributed by atoms with Crippen LogP contribution in [0.2, 0.25) is 0 Å². The van der Waals surface area contributed by atoms with E-state index in [2.05, 4.69) is 29.4 Å². The largest absolute Gasteiger partial charge is 0.312 e. The second kappa shape index (κ2) is 5.97. The van der Waals surface area contributed by atoms with Crippen molar-refractivity contribution >= 4 is 0 Å². The molecule has 0 aliphatic carbocycles. The van der Waals surface area contributed by atoms with Gasteiger partial charge in [-0.3, -0.25) is 5.10 Å². The first-order chi connectivity index (χ1) is 9.08. The zero-order chi connectivity index (χ0) is 13.8. The van der Waals surface area contributed by atoms with Gasteiger partial charge in [-0.2, -0.15) is 5.10 Å². The lowest BCUT2D eigenvalue weighted by Crippen LogP contribution is -2.19. The van der Waals surface area contributed by atoms with Crippen molar-refractivity contribution in [1.29, 1.82) is 0 Å². The molecule has 0 bridgehead atoms. The van der Waals surface area contributed by atoms with Crippen LogP contribution < -0.4 is 5.32 Å². The lowest BCUT2D eigenvalue weighted by molar-refractivity contribution is 0.552. The Morgan fingerprint density at radius 3 is 2.84 bits per heavy atom. The molecule has 0 fully saturated rings. The number of hydrogen-bond donors (Lipinski definition) is 2. The molecule has 4 heteroatoms. The molecule has 0 amide bonds. The molecule has 1 aromatic heterocycles.